The van der Waals surface area contributed by atoms with Gasteiger partial charge in [-0.05, 0) is 23.6 Å². The lowest BCUT2D eigenvalue weighted by atomic mass is 10.1. The van der Waals surface area contributed by atoms with Gasteiger partial charge < -0.3 is 0 Å². The summed E-state index contributed by atoms with van der Waals surface area (Å²) >= 11 is 0. The van der Waals surface area contributed by atoms with Crippen LogP contribution in [0.2, 0.25) is 5.54 Å². The molecule has 0 amide bonds. The van der Waals surface area contributed by atoms with Gasteiger partial charge in [-0.2, -0.15) is 0 Å². The van der Waals surface area contributed by atoms with Crippen LogP contribution >= 0.6 is 0 Å². The molecule has 1 aliphatic carbocycles. The molecule has 0 fully saturated rings. The second-order valence-corrected chi connectivity index (χ2v) is 4.91. The maximum Gasteiger partial charge on any atom is 0.0167 e. The van der Waals surface area contributed by atoms with Crippen molar-refractivity contribution in [1.82, 2.24) is 0 Å². The van der Waals surface area contributed by atoms with Crippen LogP contribution in [0, 0.1) is 0 Å². The van der Waals surface area contributed by atoms with E-state index in [9.17, 15) is 0 Å². The van der Waals surface area contributed by atoms with Gasteiger partial charge in [-0.1, -0.05) is 48.1 Å². The maximum atomic E-state index is 2.39. The summed E-state index contributed by atoms with van der Waals surface area (Å²) in [5, 5.41) is 0. The lowest BCUT2D eigenvalue weighted by Crippen LogP contribution is -1.82. The summed E-state index contributed by atoms with van der Waals surface area (Å²) in [6.07, 6.45) is 4.70. The molecule has 0 saturated heterocycles. The van der Waals surface area contributed by atoms with E-state index < -0.39 is 0 Å². The molecule has 0 aliphatic heterocycles. The van der Waals surface area contributed by atoms with Gasteiger partial charge in [0.1, 0.15) is 0 Å². The molecule has 66 valence electrons. The molecule has 0 bridgehead atoms. The van der Waals surface area contributed by atoms with Crippen LogP contribution in [0.4, 0.5) is 0 Å². The molecule has 0 heterocycles. The van der Waals surface area contributed by atoms with E-state index in [4.69, 9.17) is 0 Å². The van der Waals surface area contributed by atoms with Crippen LogP contribution in [0.1, 0.15) is 12.5 Å². The standard InChI is InChI=1S/C12H14Si/c1-9-7-11(8-12(9)13)10-5-3-2-4-6-10/h2-8,12H,1,13H3. The number of allylic oxidation sites excluding steroid dienone is 4. The van der Waals surface area contributed by atoms with Gasteiger partial charge >= 0.3 is 0 Å². The average molecular weight is 186 g/mol. The minimum atomic E-state index is 0.746. The predicted octanol–water partition coefficient (Wildman–Crippen LogP) is 2.18. The molecule has 13 heavy (non-hydrogen) atoms. The first-order valence-electron chi connectivity index (χ1n) is 4.73. The van der Waals surface area contributed by atoms with Gasteiger partial charge in [0.15, 0.2) is 0 Å². The smallest absolute Gasteiger partial charge is 0.0167 e. The fraction of sp³-hybridized carbons (Fsp3) is 0.167. The topological polar surface area (TPSA) is 0 Å². The van der Waals surface area contributed by atoms with Crippen LogP contribution in [0.5, 0.6) is 0 Å². The van der Waals surface area contributed by atoms with Crippen LogP contribution in [0.3, 0.4) is 0 Å². The summed E-state index contributed by atoms with van der Waals surface area (Å²) in [4.78, 5) is 0. The molecule has 0 saturated carbocycles. The third-order valence-corrected chi connectivity index (χ3v) is 3.88. The molecular weight excluding hydrogens is 172 g/mol. The van der Waals surface area contributed by atoms with Gasteiger partial charge in [-0.25, -0.2) is 0 Å². The fourth-order valence-corrected chi connectivity index (χ4v) is 2.16. The van der Waals surface area contributed by atoms with Gasteiger partial charge in [0, 0.05) is 10.2 Å². The van der Waals surface area contributed by atoms with E-state index in [1.165, 1.54) is 27.0 Å². The highest BCUT2D eigenvalue weighted by molar-refractivity contribution is 6.17. The van der Waals surface area contributed by atoms with E-state index in [1.54, 1.807) is 0 Å². The molecule has 0 spiro atoms. The van der Waals surface area contributed by atoms with E-state index in [0.717, 1.165) is 5.54 Å². The minimum absolute atomic E-state index is 0.746. The molecule has 1 aliphatic rings. The van der Waals surface area contributed by atoms with E-state index in [1.807, 2.05) is 0 Å². The zero-order valence-electron chi connectivity index (χ0n) is 8.12. The first-order valence-corrected chi connectivity index (χ1v) is 5.88. The number of benzene rings is 1. The summed E-state index contributed by atoms with van der Waals surface area (Å²) in [7, 11) is 1.23. The lowest BCUT2D eigenvalue weighted by molar-refractivity contribution is 1.24. The monoisotopic (exact) mass is 186 g/mol. The lowest BCUT2D eigenvalue weighted by Gasteiger charge is -1.98. The van der Waals surface area contributed by atoms with E-state index in [2.05, 4.69) is 49.4 Å². The summed E-state index contributed by atoms with van der Waals surface area (Å²) in [6, 6.07) is 10.6. The predicted molar refractivity (Wildman–Crippen MR) is 61.9 cm³/mol. The van der Waals surface area contributed by atoms with Crippen LogP contribution in [0.15, 0.2) is 48.1 Å². The SMILES string of the molecule is CC1=CC(c2ccccc2)=CC1[SiH3]. The van der Waals surface area contributed by atoms with Crippen LogP contribution in [0.25, 0.3) is 5.57 Å². The molecule has 1 unspecified atom stereocenters. The van der Waals surface area contributed by atoms with Crippen molar-refractivity contribution in [3.63, 3.8) is 0 Å². The van der Waals surface area contributed by atoms with Crippen molar-refractivity contribution in [2.24, 2.45) is 0 Å². The van der Waals surface area contributed by atoms with E-state index in [0.29, 0.717) is 0 Å². The summed E-state index contributed by atoms with van der Waals surface area (Å²) in [6.45, 7) is 2.23. The highest BCUT2D eigenvalue weighted by atomic mass is 28.1. The third kappa shape index (κ3) is 1.65. The maximum absolute atomic E-state index is 2.39. The molecule has 0 aromatic heterocycles. The molecule has 1 aromatic carbocycles. The Morgan fingerprint density at radius 2 is 1.85 bits per heavy atom. The normalized spacial score (nSPS) is 21.5. The van der Waals surface area contributed by atoms with Crippen molar-refractivity contribution >= 4 is 15.8 Å². The Balaban J connectivity index is 2.35. The van der Waals surface area contributed by atoms with Crippen molar-refractivity contribution in [3.8, 4) is 0 Å². The highest BCUT2D eigenvalue weighted by Gasteiger charge is 2.11. The summed E-state index contributed by atoms with van der Waals surface area (Å²) in [5.74, 6) is 0. The Bertz CT molecular complexity index is 360. The highest BCUT2D eigenvalue weighted by Crippen LogP contribution is 2.31. The average Bonchev–Trinajstić information content (AvgIpc) is 2.49. The molecule has 1 atom stereocenters. The number of hydrogen-bond donors (Lipinski definition) is 0. The van der Waals surface area contributed by atoms with Crippen molar-refractivity contribution in [1.29, 1.82) is 0 Å². The van der Waals surface area contributed by atoms with Crippen molar-refractivity contribution in [2.45, 2.75) is 12.5 Å². The van der Waals surface area contributed by atoms with Crippen LogP contribution in [-0.2, 0) is 0 Å². The largest absolute Gasteiger partial charge is 0.0732 e. The molecule has 0 radical (unpaired) electrons. The molecular formula is C12H14Si. The molecule has 1 aromatic rings. The first-order chi connectivity index (χ1) is 6.27. The zero-order chi connectivity index (χ0) is 9.26. The summed E-state index contributed by atoms with van der Waals surface area (Å²) < 4.78 is 0. The number of rotatable bonds is 1. The second kappa shape index (κ2) is 3.34. The fourth-order valence-electron chi connectivity index (χ4n) is 1.64. The van der Waals surface area contributed by atoms with E-state index >= 15 is 0 Å². The van der Waals surface area contributed by atoms with Gasteiger partial charge in [0.25, 0.3) is 0 Å². The Hall–Kier alpha value is -1.08. The molecule has 1 heteroatoms. The Morgan fingerprint density at radius 1 is 1.15 bits per heavy atom. The third-order valence-electron chi connectivity index (χ3n) is 2.64. The Kier molecular flexibility index (Phi) is 2.19. The van der Waals surface area contributed by atoms with E-state index in [-0.39, 0.29) is 0 Å². The summed E-state index contributed by atoms with van der Waals surface area (Å²) in [5.41, 5.74) is 5.01. The van der Waals surface area contributed by atoms with Gasteiger partial charge in [0.05, 0.1) is 0 Å². The van der Waals surface area contributed by atoms with Crippen molar-refractivity contribution in [2.75, 3.05) is 0 Å². The molecule has 2 rings (SSSR count). The van der Waals surface area contributed by atoms with Gasteiger partial charge in [0.2, 0.25) is 0 Å². The van der Waals surface area contributed by atoms with Crippen molar-refractivity contribution < 1.29 is 0 Å². The van der Waals surface area contributed by atoms with Crippen LogP contribution < -0.4 is 0 Å². The van der Waals surface area contributed by atoms with Gasteiger partial charge in [-0.15, -0.1) is 0 Å². The second-order valence-electron chi connectivity index (χ2n) is 3.67. The quantitative estimate of drug-likeness (QED) is 0.590. The van der Waals surface area contributed by atoms with Crippen molar-refractivity contribution in [3.05, 3.63) is 53.6 Å². The van der Waals surface area contributed by atoms with Gasteiger partial charge in [-0.3, -0.25) is 0 Å². The Morgan fingerprint density at radius 3 is 2.38 bits per heavy atom. The molecule has 0 nitrogen and oxygen atoms in total. The van der Waals surface area contributed by atoms with Crippen LogP contribution in [-0.4, -0.2) is 10.2 Å². The first kappa shape index (κ1) is 8.51. The number of hydrogen-bond acceptors (Lipinski definition) is 0. The zero-order valence-corrected chi connectivity index (χ0v) is 10.1. The molecule has 0 N–H and O–H groups in total. The minimum Gasteiger partial charge on any atom is -0.0732 e. The Labute approximate surface area is 82.4 Å².